The Morgan fingerprint density at radius 1 is 0.804 bits per heavy atom. The van der Waals surface area contributed by atoms with Gasteiger partial charge in [0.05, 0.1) is 16.9 Å². The predicted octanol–water partition coefficient (Wildman–Crippen LogP) is 9.11. The van der Waals surface area contributed by atoms with Gasteiger partial charge in [-0.2, -0.15) is 33.2 Å². The largest absolute Gasteiger partial charge is 0.344 e. The number of rotatable bonds is 13. The van der Waals surface area contributed by atoms with Gasteiger partial charge >= 0.3 is 0 Å². The molecule has 2 aromatic rings. The van der Waals surface area contributed by atoms with Gasteiger partial charge in [0.1, 0.15) is 6.54 Å². The third-order valence-electron chi connectivity index (χ3n) is 9.74. The lowest BCUT2D eigenvalue weighted by atomic mass is 9.81. The maximum absolute atomic E-state index is 11.3. The zero-order chi connectivity index (χ0) is 37.4. The van der Waals surface area contributed by atoms with Crippen LogP contribution in [0.5, 0.6) is 0 Å². The van der Waals surface area contributed by atoms with Crippen molar-refractivity contribution in [2.45, 2.75) is 64.2 Å². The molecule has 0 radical (unpaired) electrons. The van der Waals surface area contributed by atoms with E-state index in [1.54, 1.807) is 11.8 Å². The first-order chi connectivity index (χ1) is 23.8. The number of halogens is 3. The highest BCUT2D eigenvalue weighted by atomic mass is 35.5. The molecule has 0 saturated heterocycles. The molecule has 0 fully saturated rings. The van der Waals surface area contributed by atoms with Gasteiger partial charge in [0.2, 0.25) is 5.69 Å². The van der Waals surface area contributed by atoms with Crippen LogP contribution in [0.3, 0.4) is 0 Å². The number of allylic oxidation sites excluding steroid dienone is 6. The van der Waals surface area contributed by atoms with E-state index in [0.717, 1.165) is 56.6 Å². The van der Waals surface area contributed by atoms with Crippen LogP contribution in [0.15, 0.2) is 82.6 Å². The first kappa shape index (κ1) is 40.1. The van der Waals surface area contributed by atoms with Gasteiger partial charge in [-0.1, -0.05) is 60.8 Å². The summed E-state index contributed by atoms with van der Waals surface area (Å²) in [4.78, 5) is 2.20. The van der Waals surface area contributed by atoms with E-state index >= 15 is 0 Å². The lowest BCUT2D eigenvalue weighted by molar-refractivity contribution is -0.438. The third-order valence-corrected chi connectivity index (χ3v) is 13.3. The van der Waals surface area contributed by atoms with E-state index in [4.69, 9.17) is 34.8 Å². The summed E-state index contributed by atoms with van der Waals surface area (Å²) in [7, 11) is -8.06. The van der Waals surface area contributed by atoms with E-state index in [0.29, 0.717) is 53.9 Å². The van der Waals surface area contributed by atoms with Gasteiger partial charge in [0, 0.05) is 74.1 Å². The van der Waals surface area contributed by atoms with Crippen molar-refractivity contribution in [3.63, 3.8) is 0 Å². The van der Waals surface area contributed by atoms with Crippen molar-refractivity contribution in [3.05, 3.63) is 104 Å². The van der Waals surface area contributed by atoms with Gasteiger partial charge in [-0.05, 0) is 86.2 Å². The van der Waals surface area contributed by atoms with E-state index in [-0.39, 0.29) is 22.3 Å². The molecular formula is C37H44Cl3N2O6S3+. The molecule has 0 unspecified atom stereocenters. The summed E-state index contributed by atoms with van der Waals surface area (Å²) in [6, 6.07) is 11.7. The fourth-order valence-corrected chi connectivity index (χ4v) is 10.0. The Morgan fingerprint density at radius 3 is 2.10 bits per heavy atom. The average molecular weight is 815 g/mol. The van der Waals surface area contributed by atoms with E-state index in [2.05, 4.69) is 61.5 Å². The number of thioether (sulfide) groups is 1. The minimum atomic E-state index is -4.03. The SMILES string of the molecule is CC1(C)C(/C=C/C2=C(Cl)C(=C/C=C3/N(CCCCS(=O)(=O)O)c4ccc(Cl)cc4C3(C)C)/CSC2)=[N+](CCCCS(=O)(=O)O)c2ccc(Cl)cc21. The molecule has 0 amide bonds. The molecule has 3 heterocycles. The maximum Gasteiger partial charge on any atom is 0.264 e. The minimum Gasteiger partial charge on any atom is -0.344 e. The number of benzene rings is 2. The summed E-state index contributed by atoms with van der Waals surface area (Å²) in [6.07, 6.45) is 10.2. The van der Waals surface area contributed by atoms with Crippen LogP contribution in [0, 0.1) is 0 Å². The highest BCUT2D eigenvalue weighted by molar-refractivity contribution is 7.99. The molecule has 3 aliphatic heterocycles. The van der Waals surface area contributed by atoms with Crippen LogP contribution in [0.4, 0.5) is 11.4 Å². The fraction of sp³-hybridized carbons (Fsp3) is 0.432. The Hall–Kier alpha value is -2.09. The molecule has 2 N–H and O–H groups in total. The second kappa shape index (κ2) is 15.7. The van der Waals surface area contributed by atoms with Gasteiger partial charge < -0.3 is 4.90 Å². The number of hydrogen-bond donors (Lipinski definition) is 2. The summed E-state index contributed by atoms with van der Waals surface area (Å²) in [5, 5.41) is 1.98. The summed E-state index contributed by atoms with van der Waals surface area (Å²) in [6.45, 7) is 9.73. The standard InChI is InChI=1S/C37H43Cl3N2O6S3/c1-36(2)29-21-27(38)11-13-31(29)41(17-5-7-19-50(43,44)45)33(36)15-9-25-23-49-24-26(35(25)40)10-16-34-37(3,4)30-22-28(39)12-14-32(30)42(34)18-6-8-20-51(46,47)48/h9-16,21-22H,5-8,17-20,23-24H2,1-4H3,(H-,43,44,45,46,47,48)/p+1. The molecule has 0 aliphatic carbocycles. The van der Waals surface area contributed by atoms with Crippen LogP contribution >= 0.6 is 46.6 Å². The Morgan fingerprint density at radius 2 is 1.43 bits per heavy atom. The summed E-state index contributed by atoms with van der Waals surface area (Å²) < 4.78 is 66.0. The Balaban J connectivity index is 1.46. The molecule has 14 heteroatoms. The summed E-state index contributed by atoms with van der Waals surface area (Å²) in [5.74, 6) is 0.909. The van der Waals surface area contributed by atoms with E-state index in [1.807, 2.05) is 36.4 Å². The van der Waals surface area contributed by atoms with Crippen molar-refractivity contribution in [3.8, 4) is 0 Å². The molecule has 0 spiro atoms. The predicted molar refractivity (Wildman–Crippen MR) is 213 cm³/mol. The molecule has 2 aromatic carbocycles. The van der Waals surface area contributed by atoms with Gasteiger partial charge in [-0.3, -0.25) is 9.11 Å². The highest BCUT2D eigenvalue weighted by Crippen LogP contribution is 2.49. The van der Waals surface area contributed by atoms with Crippen LogP contribution in [0.2, 0.25) is 10.0 Å². The second-order valence-corrected chi connectivity index (χ2v) is 19.5. The Bertz CT molecular complexity index is 2080. The highest BCUT2D eigenvalue weighted by Gasteiger charge is 2.44. The lowest BCUT2D eigenvalue weighted by Crippen LogP contribution is -2.28. The van der Waals surface area contributed by atoms with Crippen LogP contribution in [0.1, 0.15) is 64.5 Å². The maximum atomic E-state index is 11.3. The Kier molecular flexibility index (Phi) is 12.4. The van der Waals surface area contributed by atoms with Crippen molar-refractivity contribution >= 4 is 83.9 Å². The number of fused-ring (bicyclic) bond motifs is 2. The van der Waals surface area contributed by atoms with E-state index in [1.165, 1.54) is 0 Å². The van der Waals surface area contributed by atoms with Crippen molar-refractivity contribution < 1.29 is 30.5 Å². The van der Waals surface area contributed by atoms with Crippen molar-refractivity contribution in [2.75, 3.05) is 41.0 Å². The molecular weight excluding hydrogens is 771 g/mol. The lowest BCUT2D eigenvalue weighted by Gasteiger charge is -2.27. The molecule has 8 nitrogen and oxygen atoms in total. The molecule has 0 atom stereocenters. The molecule has 0 aromatic heterocycles. The summed E-state index contributed by atoms with van der Waals surface area (Å²) in [5.41, 5.74) is 7.50. The number of nitrogens with zero attached hydrogens (tertiary/aromatic N) is 2. The normalized spacial score (nSPS) is 20.3. The average Bonchev–Trinajstić information content (AvgIpc) is 3.36. The van der Waals surface area contributed by atoms with Crippen LogP contribution in [0.25, 0.3) is 0 Å². The van der Waals surface area contributed by atoms with Gasteiger partial charge in [-0.15, -0.1) is 0 Å². The quantitative estimate of drug-likeness (QED) is 0.117. The molecule has 276 valence electrons. The number of anilines is 1. The molecule has 5 rings (SSSR count). The monoisotopic (exact) mass is 813 g/mol. The fourth-order valence-electron chi connectivity index (χ4n) is 7.09. The van der Waals surface area contributed by atoms with Crippen LogP contribution in [-0.4, -0.2) is 72.3 Å². The van der Waals surface area contributed by atoms with Gasteiger partial charge in [0.15, 0.2) is 5.71 Å². The van der Waals surface area contributed by atoms with Crippen LogP contribution < -0.4 is 4.90 Å². The van der Waals surface area contributed by atoms with E-state index < -0.39 is 20.2 Å². The third kappa shape index (κ3) is 9.35. The number of unbranched alkanes of at least 4 members (excludes halogenated alkanes) is 2. The summed E-state index contributed by atoms with van der Waals surface area (Å²) >= 11 is 21.7. The zero-order valence-electron chi connectivity index (χ0n) is 29.1. The topological polar surface area (TPSA) is 115 Å². The molecule has 51 heavy (non-hydrogen) atoms. The van der Waals surface area contributed by atoms with Gasteiger partial charge in [-0.25, -0.2) is 0 Å². The smallest absolute Gasteiger partial charge is 0.264 e. The molecule has 0 saturated carbocycles. The van der Waals surface area contributed by atoms with Crippen molar-refractivity contribution in [1.82, 2.24) is 0 Å². The first-order valence-corrected chi connectivity index (χ1v) is 22.3. The first-order valence-electron chi connectivity index (χ1n) is 16.8. The van der Waals surface area contributed by atoms with Crippen LogP contribution in [-0.2, 0) is 31.1 Å². The Labute approximate surface area is 321 Å². The van der Waals surface area contributed by atoms with E-state index in [9.17, 15) is 25.9 Å². The zero-order valence-corrected chi connectivity index (χ0v) is 33.8. The van der Waals surface area contributed by atoms with Crippen molar-refractivity contribution in [2.24, 2.45) is 0 Å². The molecule has 0 bridgehead atoms. The number of hydrogen-bond acceptors (Lipinski definition) is 6. The minimum absolute atomic E-state index is 0.281. The van der Waals surface area contributed by atoms with Crippen molar-refractivity contribution in [1.29, 1.82) is 0 Å². The second-order valence-electron chi connectivity index (χ2n) is 14.2. The molecule has 3 aliphatic rings. The van der Waals surface area contributed by atoms with Gasteiger partial charge in [0.25, 0.3) is 20.2 Å².